The van der Waals surface area contributed by atoms with Crippen LogP contribution in [0, 0.1) is 11.8 Å². The van der Waals surface area contributed by atoms with Gasteiger partial charge in [0, 0.05) is 18.8 Å². The fourth-order valence-electron chi connectivity index (χ4n) is 3.45. The van der Waals surface area contributed by atoms with Crippen LogP contribution in [0.3, 0.4) is 0 Å². The number of benzene rings is 1. The van der Waals surface area contributed by atoms with Crippen LogP contribution in [0.4, 0.5) is 5.69 Å². The molecule has 0 saturated heterocycles. The zero-order chi connectivity index (χ0) is 12.9. The van der Waals surface area contributed by atoms with Gasteiger partial charge in [-0.1, -0.05) is 6.92 Å². The predicted octanol–water partition coefficient (Wildman–Crippen LogP) is 2.79. The molecule has 1 fully saturated rings. The van der Waals surface area contributed by atoms with E-state index in [9.17, 15) is 4.79 Å². The number of carbonyl (C=O) groups is 1. The fourth-order valence-corrected chi connectivity index (χ4v) is 3.45. The second-order valence-electron chi connectivity index (χ2n) is 5.77. The first-order valence-corrected chi connectivity index (χ1v) is 6.67. The maximum absolute atomic E-state index is 11.0. The van der Waals surface area contributed by atoms with Gasteiger partial charge in [-0.15, -0.1) is 0 Å². The molecule has 0 amide bonds. The van der Waals surface area contributed by atoms with Crippen molar-refractivity contribution >= 4 is 11.7 Å². The number of fused-ring (bicyclic) bond motifs is 1. The van der Waals surface area contributed by atoms with Gasteiger partial charge in [-0.2, -0.15) is 0 Å². The van der Waals surface area contributed by atoms with Crippen molar-refractivity contribution in [2.45, 2.75) is 32.2 Å². The number of carboxylic acids is 1. The molecule has 3 heteroatoms. The first kappa shape index (κ1) is 11.6. The Labute approximate surface area is 107 Å². The Hall–Kier alpha value is -1.51. The van der Waals surface area contributed by atoms with E-state index in [0.29, 0.717) is 17.5 Å². The molecule has 1 aliphatic heterocycles. The molecular weight excluding hydrogens is 226 g/mol. The van der Waals surface area contributed by atoms with E-state index in [4.69, 9.17) is 5.11 Å². The van der Waals surface area contributed by atoms with E-state index in [1.165, 1.54) is 24.1 Å². The molecule has 0 radical (unpaired) electrons. The van der Waals surface area contributed by atoms with Crippen molar-refractivity contribution in [1.29, 1.82) is 0 Å². The van der Waals surface area contributed by atoms with Crippen LogP contribution in [0.1, 0.15) is 35.7 Å². The molecule has 3 nitrogen and oxygen atoms in total. The molecular formula is C15H19NO2. The van der Waals surface area contributed by atoms with Gasteiger partial charge in [0.1, 0.15) is 0 Å². The Morgan fingerprint density at radius 1 is 1.39 bits per heavy atom. The molecule has 1 aliphatic carbocycles. The predicted molar refractivity (Wildman–Crippen MR) is 71.2 cm³/mol. The molecule has 3 rings (SSSR count). The summed E-state index contributed by atoms with van der Waals surface area (Å²) in [6.07, 6.45) is 3.70. The zero-order valence-electron chi connectivity index (χ0n) is 10.9. The number of aromatic carboxylic acids is 1. The summed E-state index contributed by atoms with van der Waals surface area (Å²) in [4.78, 5) is 13.4. The van der Waals surface area contributed by atoms with Gasteiger partial charge in [0.15, 0.2) is 0 Å². The SMILES string of the molecule is CC1Cc2cc(C(=O)O)ccc2N(C)[C@H]1C1CC1. The highest BCUT2D eigenvalue weighted by molar-refractivity contribution is 5.88. The zero-order valence-corrected chi connectivity index (χ0v) is 10.9. The molecule has 2 atom stereocenters. The number of nitrogens with zero attached hydrogens (tertiary/aromatic N) is 1. The highest BCUT2D eigenvalue weighted by Crippen LogP contribution is 2.44. The molecule has 1 saturated carbocycles. The average Bonchev–Trinajstić information content (AvgIpc) is 3.12. The van der Waals surface area contributed by atoms with E-state index in [2.05, 4.69) is 18.9 Å². The average molecular weight is 245 g/mol. The molecule has 18 heavy (non-hydrogen) atoms. The number of anilines is 1. The van der Waals surface area contributed by atoms with Gasteiger partial charge in [-0.3, -0.25) is 0 Å². The minimum Gasteiger partial charge on any atom is -0.478 e. The van der Waals surface area contributed by atoms with Crippen molar-refractivity contribution in [3.05, 3.63) is 29.3 Å². The Balaban J connectivity index is 1.98. The van der Waals surface area contributed by atoms with E-state index in [0.717, 1.165) is 12.3 Å². The Morgan fingerprint density at radius 2 is 2.11 bits per heavy atom. The minimum absolute atomic E-state index is 0.402. The summed E-state index contributed by atoms with van der Waals surface area (Å²) < 4.78 is 0. The third kappa shape index (κ3) is 1.78. The van der Waals surface area contributed by atoms with Crippen LogP contribution in [0.5, 0.6) is 0 Å². The monoisotopic (exact) mass is 245 g/mol. The van der Waals surface area contributed by atoms with Crippen LogP contribution in [0.2, 0.25) is 0 Å². The largest absolute Gasteiger partial charge is 0.478 e. The normalized spacial score (nSPS) is 26.9. The fraction of sp³-hybridized carbons (Fsp3) is 0.533. The van der Waals surface area contributed by atoms with Crippen LogP contribution in [0.25, 0.3) is 0 Å². The lowest BCUT2D eigenvalue weighted by Crippen LogP contribution is -2.43. The number of carboxylic acid groups (broad SMARTS) is 1. The number of hydrogen-bond donors (Lipinski definition) is 1. The molecule has 1 aromatic carbocycles. The van der Waals surface area contributed by atoms with Crippen LogP contribution in [0.15, 0.2) is 18.2 Å². The summed E-state index contributed by atoms with van der Waals surface area (Å²) in [6.45, 7) is 2.29. The highest BCUT2D eigenvalue weighted by atomic mass is 16.4. The highest BCUT2D eigenvalue weighted by Gasteiger charge is 2.40. The minimum atomic E-state index is -0.836. The van der Waals surface area contributed by atoms with Crippen LogP contribution in [-0.4, -0.2) is 24.2 Å². The summed E-state index contributed by atoms with van der Waals surface area (Å²) in [6, 6.07) is 6.17. The Morgan fingerprint density at radius 3 is 2.72 bits per heavy atom. The van der Waals surface area contributed by atoms with E-state index in [1.807, 2.05) is 12.1 Å². The lowest BCUT2D eigenvalue weighted by Gasteiger charge is -2.41. The van der Waals surface area contributed by atoms with Gasteiger partial charge in [0.25, 0.3) is 0 Å². The van der Waals surface area contributed by atoms with Crippen molar-refractivity contribution in [2.24, 2.45) is 11.8 Å². The third-order valence-corrected chi connectivity index (χ3v) is 4.38. The number of rotatable bonds is 2. The quantitative estimate of drug-likeness (QED) is 0.871. The molecule has 0 spiro atoms. The van der Waals surface area contributed by atoms with Crippen LogP contribution < -0.4 is 4.90 Å². The molecule has 0 bridgehead atoms. The van der Waals surface area contributed by atoms with E-state index < -0.39 is 5.97 Å². The van der Waals surface area contributed by atoms with Crippen LogP contribution in [-0.2, 0) is 6.42 Å². The molecule has 1 N–H and O–H groups in total. The Bertz CT molecular complexity index is 493. The van der Waals surface area contributed by atoms with Gasteiger partial charge in [0.05, 0.1) is 5.56 Å². The first-order chi connectivity index (χ1) is 8.58. The molecule has 1 heterocycles. The van der Waals surface area contributed by atoms with E-state index in [1.54, 1.807) is 6.07 Å². The smallest absolute Gasteiger partial charge is 0.335 e. The lowest BCUT2D eigenvalue weighted by molar-refractivity contribution is 0.0696. The molecule has 0 aromatic heterocycles. The number of hydrogen-bond acceptors (Lipinski definition) is 2. The van der Waals surface area contributed by atoms with Crippen molar-refractivity contribution in [3.8, 4) is 0 Å². The maximum atomic E-state index is 11.0. The third-order valence-electron chi connectivity index (χ3n) is 4.38. The summed E-state index contributed by atoms with van der Waals surface area (Å²) in [5, 5.41) is 9.05. The lowest BCUT2D eigenvalue weighted by atomic mass is 9.84. The van der Waals surface area contributed by atoms with Crippen molar-refractivity contribution < 1.29 is 9.90 Å². The first-order valence-electron chi connectivity index (χ1n) is 6.67. The van der Waals surface area contributed by atoms with E-state index in [-0.39, 0.29) is 0 Å². The van der Waals surface area contributed by atoms with Gasteiger partial charge in [-0.05, 0) is 54.9 Å². The van der Waals surface area contributed by atoms with E-state index >= 15 is 0 Å². The molecule has 1 aromatic rings. The Kier molecular flexibility index (Phi) is 2.58. The van der Waals surface area contributed by atoms with Crippen molar-refractivity contribution in [2.75, 3.05) is 11.9 Å². The van der Waals surface area contributed by atoms with Gasteiger partial charge < -0.3 is 10.0 Å². The summed E-state index contributed by atoms with van der Waals surface area (Å²) in [5.41, 5.74) is 2.80. The van der Waals surface area contributed by atoms with Crippen molar-refractivity contribution in [3.63, 3.8) is 0 Å². The second-order valence-corrected chi connectivity index (χ2v) is 5.77. The van der Waals surface area contributed by atoms with Gasteiger partial charge in [-0.25, -0.2) is 4.79 Å². The second kappa shape index (κ2) is 4.01. The summed E-state index contributed by atoms with van der Waals surface area (Å²) in [7, 11) is 2.15. The van der Waals surface area contributed by atoms with Crippen molar-refractivity contribution in [1.82, 2.24) is 0 Å². The summed E-state index contributed by atoms with van der Waals surface area (Å²) >= 11 is 0. The van der Waals surface area contributed by atoms with Gasteiger partial charge >= 0.3 is 5.97 Å². The van der Waals surface area contributed by atoms with Crippen LogP contribution >= 0.6 is 0 Å². The maximum Gasteiger partial charge on any atom is 0.335 e. The summed E-state index contributed by atoms with van der Waals surface area (Å²) in [5.74, 6) is 0.619. The standard InChI is InChI=1S/C15H19NO2/c1-9-7-12-8-11(15(17)18)5-6-13(12)16(2)14(9)10-3-4-10/h5-6,8-10,14H,3-4,7H2,1-2H3,(H,17,18)/t9?,14-/m1/s1. The molecule has 2 aliphatic rings. The molecule has 96 valence electrons. The van der Waals surface area contributed by atoms with Gasteiger partial charge in [0.2, 0.25) is 0 Å². The molecule has 1 unspecified atom stereocenters. The topological polar surface area (TPSA) is 40.5 Å².